The average molecular weight is 383 g/mol. The van der Waals surface area contributed by atoms with E-state index in [9.17, 15) is 17.6 Å². The standard InChI is InChI=1S/C18H26FN3O3S/c1-14-5-4-10-22(13-14)26(24,25)20-15-8-11-21(12-9-15)18(23)16-6-2-3-7-17(16)19/h2-3,6-7,14-15,20H,4-5,8-13H2,1H3. The first kappa shape index (κ1) is 19.3. The minimum absolute atomic E-state index is 0.0637. The first-order valence-electron chi connectivity index (χ1n) is 9.18. The number of nitrogens with zero attached hydrogens (tertiary/aromatic N) is 2. The summed E-state index contributed by atoms with van der Waals surface area (Å²) in [6.07, 6.45) is 3.01. The topological polar surface area (TPSA) is 69.7 Å². The Bertz CT molecular complexity index is 748. The van der Waals surface area contributed by atoms with E-state index >= 15 is 0 Å². The van der Waals surface area contributed by atoms with Crippen LogP contribution in [0.1, 0.15) is 43.0 Å². The van der Waals surface area contributed by atoms with Crippen molar-refractivity contribution in [2.24, 2.45) is 5.92 Å². The minimum atomic E-state index is -3.49. The molecule has 1 aromatic rings. The van der Waals surface area contributed by atoms with Crippen molar-refractivity contribution in [1.29, 1.82) is 0 Å². The van der Waals surface area contributed by atoms with Crippen molar-refractivity contribution in [3.05, 3.63) is 35.6 Å². The first-order chi connectivity index (χ1) is 12.4. The summed E-state index contributed by atoms with van der Waals surface area (Å²) in [5.74, 6) is -0.491. The van der Waals surface area contributed by atoms with E-state index < -0.39 is 16.0 Å². The van der Waals surface area contributed by atoms with E-state index in [1.165, 1.54) is 16.4 Å². The van der Waals surface area contributed by atoms with Gasteiger partial charge in [0.05, 0.1) is 5.56 Å². The van der Waals surface area contributed by atoms with Gasteiger partial charge in [-0.25, -0.2) is 4.39 Å². The molecule has 0 aliphatic carbocycles. The normalized spacial score (nSPS) is 23.2. The Hall–Kier alpha value is -1.51. The summed E-state index contributed by atoms with van der Waals surface area (Å²) in [5.41, 5.74) is 0.0637. The third kappa shape index (κ3) is 4.42. The predicted molar refractivity (Wildman–Crippen MR) is 97.4 cm³/mol. The van der Waals surface area contributed by atoms with E-state index in [0.717, 1.165) is 12.8 Å². The summed E-state index contributed by atoms with van der Waals surface area (Å²) in [4.78, 5) is 14.0. The molecule has 1 unspecified atom stereocenters. The van der Waals surface area contributed by atoms with Crippen LogP contribution in [0.15, 0.2) is 24.3 Å². The van der Waals surface area contributed by atoms with E-state index in [4.69, 9.17) is 0 Å². The lowest BCUT2D eigenvalue weighted by atomic mass is 10.0. The molecule has 2 aliphatic rings. The van der Waals surface area contributed by atoms with Crippen molar-refractivity contribution >= 4 is 16.1 Å². The molecule has 0 bridgehead atoms. The monoisotopic (exact) mass is 383 g/mol. The number of hydrogen-bond acceptors (Lipinski definition) is 3. The second-order valence-electron chi connectivity index (χ2n) is 7.27. The van der Waals surface area contributed by atoms with E-state index in [2.05, 4.69) is 11.6 Å². The van der Waals surface area contributed by atoms with Crippen LogP contribution < -0.4 is 4.72 Å². The van der Waals surface area contributed by atoms with Crippen molar-refractivity contribution < 1.29 is 17.6 Å². The van der Waals surface area contributed by atoms with Gasteiger partial charge in [0.15, 0.2) is 0 Å². The molecule has 8 heteroatoms. The van der Waals surface area contributed by atoms with Crippen LogP contribution in [-0.2, 0) is 10.2 Å². The third-order valence-electron chi connectivity index (χ3n) is 5.16. The molecular formula is C18H26FN3O3S. The van der Waals surface area contributed by atoms with Crippen LogP contribution in [0.4, 0.5) is 4.39 Å². The molecule has 2 fully saturated rings. The average Bonchev–Trinajstić information content (AvgIpc) is 2.62. The number of nitrogens with one attached hydrogen (secondary N) is 1. The van der Waals surface area contributed by atoms with Gasteiger partial charge in [0.2, 0.25) is 0 Å². The number of hydrogen-bond donors (Lipinski definition) is 1. The fourth-order valence-corrected chi connectivity index (χ4v) is 5.28. The lowest BCUT2D eigenvalue weighted by molar-refractivity contribution is 0.0706. The van der Waals surface area contributed by atoms with Gasteiger partial charge in [0, 0.05) is 32.2 Å². The molecular weight excluding hydrogens is 357 g/mol. The molecule has 26 heavy (non-hydrogen) atoms. The Kier molecular flexibility index (Phi) is 5.94. The Morgan fingerprint density at radius 2 is 1.85 bits per heavy atom. The van der Waals surface area contributed by atoms with Crippen LogP contribution >= 0.6 is 0 Å². The van der Waals surface area contributed by atoms with E-state index in [1.807, 2.05) is 0 Å². The van der Waals surface area contributed by atoms with Gasteiger partial charge in [-0.3, -0.25) is 4.79 Å². The first-order valence-corrected chi connectivity index (χ1v) is 10.6. The summed E-state index contributed by atoms with van der Waals surface area (Å²) in [6.45, 7) is 4.01. The molecule has 144 valence electrons. The molecule has 1 atom stereocenters. The molecule has 0 saturated carbocycles. The van der Waals surface area contributed by atoms with Crippen molar-refractivity contribution in [2.75, 3.05) is 26.2 Å². The third-order valence-corrected chi connectivity index (χ3v) is 6.80. The molecule has 2 aliphatic heterocycles. The number of carbonyl (C=O) groups excluding carboxylic acids is 1. The highest BCUT2D eigenvalue weighted by atomic mass is 32.2. The summed E-state index contributed by atoms with van der Waals surface area (Å²) < 4.78 is 43.2. The Balaban J connectivity index is 1.55. The van der Waals surface area contributed by atoms with Crippen molar-refractivity contribution in [3.63, 3.8) is 0 Å². The van der Waals surface area contributed by atoms with Gasteiger partial charge in [0.25, 0.3) is 16.1 Å². The molecule has 3 rings (SSSR count). The van der Waals surface area contributed by atoms with Crippen LogP contribution in [0.3, 0.4) is 0 Å². The molecule has 6 nitrogen and oxygen atoms in total. The largest absolute Gasteiger partial charge is 0.338 e. The molecule has 2 saturated heterocycles. The zero-order valence-corrected chi connectivity index (χ0v) is 15.8. The minimum Gasteiger partial charge on any atom is -0.338 e. The van der Waals surface area contributed by atoms with Gasteiger partial charge < -0.3 is 4.90 Å². The molecule has 1 N–H and O–H groups in total. The van der Waals surface area contributed by atoms with Gasteiger partial charge in [-0.05, 0) is 43.7 Å². The van der Waals surface area contributed by atoms with Crippen molar-refractivity contribution in [3.8, 4) is 0 Å². The number of carbonyl (C=O) groups is 1. The maximum atomic E-state index is 13.8. The number of benzene rings is 1. The Morgan fingerprint density at radius 3 is 2.50 bits per heavy atom. The lowest BCUT2D eigenvalue weighted by Gasteiger charge is -2.35. The number of likely N-dealkylation sites (tertiary alicyclic amines) is 1. The van der Waals surface area contributed by atoms with Gasteiger partial charge in [-0.2, -0.15) is 17.4 Å². The number of rotatable bonds is 4. The second kappa shape index (κ2) is 8.02. The smallest absolute Gasteiger partial charge is 0.279 e. The summed E-state index contributed by atoms with van der Waals surface area (Å²) in [5, 5.41) is 0. The van der Waals surface area contributed by atoms with Crippen LogP contribution in [0.25, 0.3) is 0 Å². The quantitative estimate of drug-likeness (QED) is 0.865. The lowest BCUT2D eigenvalue weighted by Crippen LogP contribution is -2.52. The number of halogens is 1. The summed E-state index contributed by atoms with van der Waals surface area (Å²) in [7, 11) is -3.49. The highest BCUT2D eigenvalue weighted by molar-refractivity contribution is 7.87. The van der Waals surface area contributed by atoms with Gasteiger partial charge in [-0.1, -0.05) is 19.1 Å². The fourth-order valence-electron chi connectivity index (χ4n) is 3.66. The summed E-state index contributed by atoms with van der Waals surface area (Å²) >= 11 is 0. The van der Waals surface area contributed by atoms with E-state index in [1.54, 1.807) is 17.0 Å². The fraction of sp³-hybridized carbons (Fsp3) is 0.611. The van der Waals surface area contributed by atoms with Crippen LogP contribution in [0.2, 0.25) is 0 Å². The van der Waals surface area contributed by atoms with Gasteiger partial charge in [0.1, 0.15) is 5.82 Å². The van der Waals surface area contributed by atoms with Crippen molar-refractivity contribution in [1.82, 2.24) is 13.9 Å². The molecule has 0 aromatic heterocycles. The van der Waals surface area contributed by atoms with Gasteiger partial charge >= 0.3 is 0 Å². The molecule has 0 spiro atoms. The van der Waals surface area contributed by atoms with Crippen LogP contribution in [0, 0.1) is 11.7 Å². The highest BCUT2D eigenvalue weighted by Gasteiger charge is 2.31. The molecule has 1 amide bonds. The number of piperidine rings is 2. The zero-order chi connectivity index (χ0) is 18.7. The van der Waals surface area contributed by atoms with E-state index in [-0.39, 0.29) is 17.5 Å². The van der Waals surface area contributed by atoms with Gasteiger partial charge in [-0.15, -0.1) is 0 Å². The SMILES string of the molecule is CC1CCCN(S(=O)(=O)NC2CCN(C(=O)c3ccccc3F)CC2)C1. The highest BCUT2D eigenvalue weighted by Crippen LogP contribution is 2.20. The Labute approximate surface area is 154 Å². The Morgan fingerprint density at radius 1 is 1.15 bits per heavy atom. The molecule has 2 heterocycles. The van der Waals surface area contributed by atoms with E-state index in [0.29, 0.717) is 44.9 Å². The summed E-state index contributed by atoms with van der Waals surface area (Å²) in [6, 6.07) is 5.74. The molecule has 0 radical (unpaired) electrons. The van der Waals surface area contributed by atoms with Crippen molar-refractivity contribution in [2.45, 2.75) is 38.6 Å². The maximum Gasteiger partial charge on any atom is 0.279 e. The zero-order valence-electron chi connectivity index (χ0n) is 15.0. The predicted octanol–water partition coefficient (Wildman–Crippen LogP) is 2.00. The van der Waals surface area contributed by atoms with Crippen LogP contribution in [-0.4, -0.2) is 55.8 Å². The maximum absolute atomic E-state index is 13.8. The molecule has 1 aromatic carbocycles. The second-order valence-corrected chi connectivity index (χ2v) is 8.98. The van der Waals surface area contributed by atoms with Crippen LogP contribution in [0.5, 0.6) is 0 Å². The number of amides is 1.